The van der Waals surface area contributed by atoms with E-state index >= 15 is 0 Å². The molecular formula is C13H26OSn. The van der Waals surface area contributed by atoms with Crippen molar-refractivity contribution in [1.29, 1.82) is 0 Å². The van der Waals surface area contributed by atoms with Gasteiger partial charge in [-0.15, -0.1) is 0 Å². The van der Waals surface area contributed by atoms with Crippen LogP contribution in [0.1, 0.15) is 40.0 Å². The van der Waals surface area contributed by atoms with Crippen molar-refractivity contribution in [1.82, 2.24) is 0 Å². The monoisotopic (exact) mass is 318 g/mol. The molecule has 1 aliphatic carbocycles. The maximum atomic E-state index is 11.8. The molecule has 0 saturated heterocycles. The van der Waals surface area contributed by atoms with E-state index in [-0.39, 0.29) is 0 Å². The summed E-state index contributed by atoms with van der Waals surface area (Å²) >= 11 is -1.87. The van der Waals surface area contributed by atoms with Crippen LogP contribution in [-0.2, 0) is 4.79 Å². The second kappa shape index (κ2) is 4.38. The molecule has 0 bridgehead atoms. The van der Waals surface area contributed by atoms with Crippen molar-refractivity contribution in [3.63, 3.8) is 0 Å². The Hall–Kier alpha value is 0.469. The zero-order valence-electron chi connectivity index (χ0n) is 11.2. The van der Waals surface area contributed by atoms with E-state index in [0.29, 0.717) is 17.1 Å². The summed E-state index contributed by atoms with van der Waals surface area (Å²) in [4.78, 5) is 19.2. The van der Waals surface area contributed by atoms with Crippen molar-refractivity contribution in [3.8, 4) is 0 Å². The van der Waals surface area contributed by atoms with E-state index in [0.717, 1.165) is 16.8 Å². The van der Waals surface area contributed by atoms with Gasteiger partial charge in [-0.05, 0) is 0 Å². The molecule has 0 aromatic heterocycles. The molecular weight excluding hydrogens is 291 g/mol. The van der Waals surface area contributed by atoms with Gasteiger partial charge in [0.25, 0.3) is 0 Å². The van der Waals surface area contributed by atoms with Gasteiger partial charge >= 0.3 is 99.1 Å². The Kier molecular flexibility index (Phi) is 3.96. The molecule has 1 fully saturated rings. The molecule has 1 saturated carbocycles. The van der Waals surface area contributed by atoms with Gasteiger partial charge in [0, 0.05) is 0 Å². The van der Waals surface area contributed by atoms with E-state index in [1.54, 1.807) is 0 Å². The average molecular weight is 317 g/mol. The second-order valence-electron chi connectivity index (χ2n) is 7.31. The topological polar surface area (TPSA) is 17.1 Å². The van der Waals surface area contributed by atoms with Crippen LogP contribution in [0.3, 0.4) is 0 Å². The summed E-state index contributed by atoms with van der Waals surface area (Å²) in [5, 5.41) is 0. The van der Waals surface area contributed by atoms with E-state index in [1.807, 2.05) is 0 Å². The molecule has 0 aromatic carbocycles. The molecule has 0 unspecified atom stereocenters. The van der Waals surface area contributed by atoms with E-state index in [9.17, 15) is 4.79 Å². The van der Waals surface area contributed by atoms with Crippen LogP contribution in [0, 0.1) is 11.3 Å². The van der Waals surface area contributed by atoms with Gasteiger partial charge in [-0.1, -0.05) is 0 Å². The fraction of sp³-hybridized carbons (Fsp3) is 0.923. The molecule has 1 nitrogen and oxygen atoms in total. The van der Waals surface area contributed by atoms with E-state index in [2.05, 4.69) is 35.6 Å². The number of ketones is 1. The standard InChI is InChI=1S/C10H17O.3CH3.Sn/c1-10(2,3)8-5-4-6-9(11)7-8;;;;/h4,8H,5-7H2,1-3H3;3*1H3;/t8-;;;;/m0..../s1. The van der Waals surface area contributed by atoms with E-state index in [1.165, 1.54) is 6.42 Å². The van der Waals surface area contributed by atoms with Gasteiger partial charge in [-0.3, -0.25) is 0 Å². The van der Waals surface area contributed by atoms with E-state index in [4.69, 9.17) is 0 Å². The molecule has 88 valence electrons. The average Bonchev–Trinajstić information content (AvgIpc) is 1.99. The van der Waals surface area contributed by atoms with Crippen molar-refractivity contribution in [3.05, 3.63) is 0 Å². The van der Waals surface area contributed by atoms with Crippen LogP contribution in [-0.4, -0.2) is 24.2 Å². The Labute approximate surface area is 98.9 Å². The number of carbonyl (C=O) groups excluding carboxylic acids is 1. The zero-order valence-corrected chi connectivity index (χ0v) is 14.0. The Morgan fingerprint density at radius 3 is 2.07 bits per heavy atom. The first-order valence-electron chi connectivity index (χ1n) is 6.12. The van der Waals surface area contributed by atoms with Gasteiger partial charge in [-0.2, -0.15) is 0 Å². The molecule has 2 heteroatoms. The van der Waals surface area contributed by atoms with Crippen LogP contribution >= 0.6 is 0 Å². The minimum absolute atomic E-state index is 0.311. The molecule has 0 amide bonds. The third-order valence-electron chi connectivity index (χ3n) is 3.97. The summed E-state index contributed by atoms with van der Waals surface area (Å²) in [6, 6.07) is 0. The number of Topliss-reactive ketones (excluding diaryl/α,β-unsaturated/α-hetero) is 1. The van der Waals surface area contributed by atoms with Crippen LogP contribution in [0.2, 0.25) is 18.8 Å². The van der Waals surface area contributed by atoms with Crippen molar-refractivity contribution in [2.45, 2.75) is 58.8 Å². The third-order valence-corrected chi connectivity index (χ3v) is 12.2. The predicted molar refractivity (Wildman–Crippen MR) is 68.9 cm³/mol. The Morgan fingerprint density at radius 2 is 1.67 bits per heavy atom. The van der Waals surface area contributed by atoms with Gasteiger partial charge in [0.15, 0.2) is 0 Å². The van der Waals surface area contributed by atoms with Crippen LogP contribution in [0.15, 0.2) is 0 Å². The summed E-state index contributed by atoms with van der Waals surface area (Å²) in [6.45, 7) is 6.85. The van der Waals surface area contributed by atoms with E-state index < -0.39 is 18.4 Å². The van der Waals surface area contributed by atoms with Crippen molar-refractivity contribution in [2.24, 2.45) is 11.3 Å². The molecule has 1 aliphatic rings. The van der Waals surface area contributed by atoms with Crippen molar-refractivity contribution >= 4 is 24.2 Å². The fourth-order valence-electron chi connectivity index (χ4n) is 2.46. The number of hydrogen-bond acceptors (Lipinski definition) is 1. The number of hydrogen-bond donors (Lipinski definition) is 0. The summed E-state index contributed by atoms with van der Waals surface area (Å²) in [6.07, 6.45) is 3.04. The Bertz CT molecular complexity index is 220. The molecule has 0 aromatic rings. The first-order chi connectivity index (χ1) is 6.60. The van der Waals surface area contributed by atoms with Crippen molar-refractivity contribution < 1.29 is 4.79 Å². The van der Waals surface area contributed by atoms with Crippen LogP contribution in [0.4, 0.5) is 0 Å². The molecule has 15 heavy (non-hydrogen) atoms. The summed E-state index contributed by atoms with van der Waals surface area (Å²) in [7, 11) is 0. The fourth-order valence-corrected chi connectivity index (χ4v) is 7.69. The molecule has 2 atom stereocenters. The van der Waals surface area contributed by atoms with Gasteiger partial charge in [0.05, 0.1) is 0 Å². The SMILES string of the molecule is CC(C)(C)[C@@H]1CC(=O)C[C@@H]([Sn]([CH3])([CH3])[CH3])C1. The maximum absolute atomic E-state index is 11.8. The molecule has 0 radical (unpaired) electrons. The van der Waals surface area contributed by atoms with Crippen LogP contribution < -0.4 is 0 Å². The first-order valence-corrected chi connectivity index (χ1v) is 16.3. The van der Waals surface area contributed by atoms with Gasteiger partial charge < -0.3 is 0 Å². The zero-order chi connectivity index (χ0) is 11.9. The number of carbonyl (C=O) groups is 1. The molecule has 1 rings (SSSR count). The molecule has 0 aliphatic heterocycles. The van der Waals surface area contributed by atoms with Gasteiger partial charge in [0.1, 0.15) is 0 Å². The normalized spacial score (nSPS) is 29.3. The first kappa shape index (κ1) is 13.5. The Morgan fingerprint density at radius 1 is 1.13 bits per heavy atom. The van der Waals surface area contributed by atoms with Crippen LogP contribution in [0.25, 0.3) is 0 Å². The quantitative estimate of drug-likeness (QED) is 0.665. The minimum atomic E-state index is -1.87. The summed E-state index contributed by atoms with van der Waals surface area (Å²) in [5.41, 5.74) is 0.311. The van der Waals surface area contributed by atoms with Crippen LogP contribution in [0.5, 0.6) is 0 Å². The second-order valence-corrected chi connectivity index (χ2v) is 23.1. The molecule has 0 spiro atoms. The summed E-state index contributed by atoms with van der Waals surface area (Å²) < 4.78 is 0.782. The number of rotatable bonds is 1. The Balaban J connectivity index is 2.77. The predicted octanol–water partition coefficient (Wildman–Crippen LogP) is 4.11. The third kappa shape index (κ3) is 3.76. The van der Waals surface area contributed by atoms with Gasteiger partial charge in [0.2, 0.25) is 0 Å². The van der Waals surface area contributed by atoms with Crippen molar-refractivity contribution in [2.75, 3.05) is 0 Å². The summed E-state index contributed by atoms with van der Waals surface area (Å²) in [5.74, 6) is 1.15. The molecule has 0 heterocycles. The van der Waals surface area contributed by atoms with Gasteiger partial charge in [-0.25, -0.2) is 0 Å². The molecule has 0 N–H and O–H groups in total.